The van der Waals surface area contributed by atoms with Crippen LogP contribution in [0.25, 0.3) is 10.9 Å². The number of aliphatic hydroxyl groups is 1. The third kappa shape index (κ3) is 2.97. The Morgan fingerprint density at radius 3 is 2.55 bits per heavy atom. The van der Waals surface area contributed by atoms with Crippen molar-refractivity contribution in [1.29, 1.82) is 0 Å². The van der Waals surface area contributed by atoms with E-state index in [0.717, 1.165) is 5.69 Å². The summed E-state index contributed by atoms with van der Waals surface area (Å²) in [6.45, 7) is 1.83. The van der Waals surface area contributed by atoms with Gasteiger partial charge in [-0.25, -0.2) is 0 Å². The normalized spacial score (nSPS) is 24.3. The molecule has 5 rings (SSSR count). The molecule has 0 aliphatic heterocycles. The van der Waals surface area contributed by atoms with Gasteiger partial charge >= 0.3 is 6.18 Å². The molecular formula is C23H20ClF3N2O2. The average Bonchev–Trinajstić information content (AvgIpc) is 3.45. The van der Waals surface area contributed by atoms with Crippen molar-refractivity contribution in [2.45, 2.75) is 49.4 Å². The van der Waals surface area contributed by atoms with Crippen LogP contribution < -0.4 is 5.32 Å². The quantitative estimate of drug-likeness (QED) is 0.464. The number of halogens is 4. The predicted molar refractivity (Wildman–Crippen MR) is 112 cm³/mol. The number of aromatic hydroxyl groups is 1. The van der Waals surface area contributed by atoms with E-state index in [9.17, 15) is 23.4 Å². The van der Waals surface area contributed by atoms with Crippen LogP contribution in [0.2, 0.25) is 5.02 Å². The maximum Gasteiger partial charge on any atom is 0.419 e. The van der Waals surface area contributed by atoms with Gasteiger partial charge in [0.05, 0.1) is 16.6 Å². The molecule has 4 nitrogen and oxygen atoms in total. The summed E-state index contributed by atoms with van der Waals surface area (Å²) in [6, 6.07) is 10.0. The molecule has 0 amide bonds. The van der Waals surface area contributed by atoms with Crippen LogP contribution in [-0.4, -0.2) is 27.0 Å². The lowest BCUT2D eigenvalue weighted by atomic mass is 9.68. The van der Waals surface area contributed by atoms with Crippen molar-refractivity contribution < 1.29 is 23.4 Å². The minimum absolute atomic E-state index is 0.0889. The van der Waals surface area contributed by atoms with Gasteiger partial charge in [0.1, 0.15) is 5.75 Å². The minimum atomic E-state index is -4.88. The second-order valence-corrected chi connectivity index (χ2v) is 9.05. The summed E-state index contributed by atoms with van der Waals surface area (Å²) >= 11 is 6.10. The van der Waals surface area contributed by atoms with Gasteiger partial charge in [-0.2, -0.15) is 13.2 Å². The second-order valence-electron chi connectivity index (χ2n) is 8.64. The average molecular weight is 449 g/mol. The monoisotopic (exact) mass is 448 g/mol. The van der Waals surface area contributed by atoms with Crippen LogP contribution in [0.5, 0.6) is 5.75 Å². The van der Waals surface area contributed by atoms with Crippen molar-refractivity contribution in [3.63, 3.8) is 0 Å². The van der Waals surface area contributed by atoms with Gasteiger partial charge in [0.2, 0.25) is 0 Å². The number of benzene rings is 2. The molecule has 31 heavy (non-hydrogen) atoms. The molecule has 1 spiro atoms. The Hall–Kier alpha value is -2.51. The highest BCUT2D eigenvalue weighted by Crippen LogP contribution is 2.65. The van der Waals surface area contributed by atoms with Crippen molar-refractivity contribution >= 4 is 28.2 Å². The van der Waals surface area contributed by atoms with Crippen LogP contribution in [-0.2, 0) is 5.41 Å². The first-order chi connectivity index (χ1) is 14.6. The third-order valence-corrected chi connectivity index (χ3v) is 6.91. The van der Waals surface area contributed by atoms with Gasteiger partial charge in [0.25, 0.3) is 0 Å². The minimum Gasteiger partial charge on any atom is -0.506 e. The number of nitrogens with zero attached hydrogens (tertiary/aromatic N) is 1. The number of nitrogens with one attached hydrogen (secondary N) is 1. The number of phenolic OH excluding ortho intramolecular Hbond substituents is 1. The molecule has 3 N–H and O–H groups in total. The van der Waals surface area contributed by atoms with E-state index in [1.807, 2.05) is 6.92 Å². The topological polar surface area (TPSA) is 65.4 Å². The van der Waals surface area contributed by atoms with E-state index in [4.69, 9.17) is 11.6 Å². The summed E-state index contributed by atoms with van der Waals surface area (Å²) in [6.07, 6.45) is -4.51. The summed E-state index contributed by atoms with van der Waals surface area (Å²) in [7, 11) is 0. The maximum atomic E-state index is 14.3. The standard InChI is InChI=1S/C23H20ClF3N2O2/c1-12-5-6-13-16(28-12)3-2-4-17(13)29-20-14-7-8-15(24)19(30)18(14)21(9-10-21)11-22(20,31)23(25,26)27/h2-8,20,29-31H,9-11H2,1H3/t20-,22-/m0/s1. The van der Waals surface area contributed by atoms with E-state index >= 15 is 0 Å². The zero-order valence-electron chi connectivity index (χ0n) is 16.6. The first kappa shape index (κ1) is 20.4. The molecule has 2 aromatic carbocycles. The third-order valence-electron chi connectivity index (χ3n) is 6.60. The molecule has 0 saturated heterocycles. The molecule has 162 valence electrons. The van der Waals surface area contributed by atoms with Gasteiger partial charge in [0, 0.05) is 27.7 Å². The number of aromatic nitrogens is 1. The van der Waals surface area contributed by atoms with E-state index in [0.29, 0.717) is 35.0 Å². The van der Waals surface area contributed by atoms with E-state index in [1.165, 1.54) is 12.1 Å². The first-order valence-electron chi connectivity index (χ1n) is 10.00. The van der Waals surface area contributed by atoms with Crippen molar-refractivity contribution in [2.75, 3.05) is 5.32 Å². The number of hydrogen-bond acceptors (Lipinski definition) is 4. The van der Waals surface area contributed by atoms with Gasteiger partial charge in [0.15, 0.2) is 5.60 Å². The number of aryl methyl sites for hydroxylation is 1. The fraction of sp³-hybridized carbons (Fsp3) is 0.348. The Morgan fingerprint density at radius 1 is 1.13 bits per heavy atom. The highest BCUT2D eigenvalue weighted by molar-refractivity contribution is 6.32. The van der Waals surface area contributed by atoms with E-state index in [1.54, 1.807) is 30.3 Å². The summed E-state index contributed by atoms with van der Waals surface area (Å²) in [5.41, 5.74) is -1.49. The van der Waals surface area contributed by atoms with Crippen molar-refractivity contribution in [3.8, 4) is 5.75 Å². The molecule has 8 heteroatoms. The summed E-state index contributed by atoms with van der Waals surface area (Å²) in [5, 5.41) is 25.4. The highest BCUT2D eigenvalue weighted by Gasteiger charge is 2.68. The van der Waals surface area contributed by atoms with Gasteiger partial charge in [-0.3, -0.25) is 4.98 Å². The molecule has 1 saturated carbocycles. The molecule has 0 bridgehead atoms. The number of pyridine rings is 1. The largest absolute Gasteiger partial charge is 0.506 e. The Bertz CT molecular complexity index is 1210. The molecule has 2 aliphatic rings. The lowest BCUT2D eigenvalue weighted by Gasteiger charge is -2.46. The number of fused-ring (bicyclic) bond motifs is 3. The van der Waals surface area contributed by atoms with E-state index in [-0.39, 0.29) is 16.3 Å². The van der Waals surface area contributed by atoms with Gasteiger partial charge in [-0.15, -0.1) is 0 Å². The molecule has 2 aliphatic carbocycles. The van der Waals surface area contributed by atoms with Crippen LogP contribution in [0.3, 0.4) is 0 Å². The van der Waals surface area contributed by atoms with Crippen molar-refractivity contribution in [2.24, 2.45) is 0 Å². The Morgan fingerprint density at radius 2 is 1.87 bits per heavy atom. The zero-order valence-corrected chi connectivity index (χ0v) is 17.3. The SMILES string of the molecule is Cc1ccc2c(N[C@H]3c4ccc(Cl)c(O)c4C4(CC4)C[C@@]3(O)C(F)(F)F)cccc2n1. The first-order valence-corrected chi connectivity index (χ1v) is 10.4. The second kappa shape index (κ2) is 6.50. The molecule has 2 atom stereocenters. The van der Waals surface area contributed by atoms with Crippen molar-refractivity contribution in [1.82, 2.24) is 4.98 Å². The smallest absolute Gasteiger partial charge is 0.419 e. The number of anilines is 1. The number of phenols is 1. The Kier molecular flexibility index (Phi) is 4.27. The maximum absolute atomic E-state index is 14.3. The number of hydrogen-bond donors (Lipinski definition) is 3. The molecule has 0 radical (unpaired) electrons. The number of rotatable bonds is 2. The van der Waals surface area contributed by atoms with E-state index in [2.05, 4.69) is 10.3 Å². The van der Waals surface area contributed by atoms with Gasteiger partial charge in [-0.05, 0) is 62.1 Å². The van der Waals surface area contributed by atoms with E-state index < -0.39 is 29.7 Å². The lowest BCUT2D eigenvalue weighted by Crippen LogP contribution is -2.57. The lowest BCUT2D eigenvalue weighted by molar-refractivity contribution is -0.274. The molecule has 1 fully saturated rings. The number of alkyl halides is 3. The van der Waals surface area contributed by atoms with Crippen LogP contribution >= 0.6 is 11.6 Å². The van der Waals surface area contributed by atoms with Crippen LogP contribution in [0.1, 0.15) is 42.1 Å². The fourth-order valence-electron chi connectivity index (χ4n) is 4.92. The van der Waals surface area contributed by atoms with Gasteiger partial charge < -0.3 is 15.5 Å². The summed E-state index contributed by atoms with van der Waals surface area (Å²) < 4.78 is 42.9. The molecule has 3 aromatic rings. The predicted octanol–water partition coefficient (Wildman–Crippen LogP) is 5.78. The molecule has 1 aromatic heterocycles. The van der Waals surface area contributed by atoms with Crippen LogP contribution in [0.4, 0.5) is 18.9 Å². The molecule has 0 unspecified atom stereocenters. The molecule has 1 heterocycles. The molecular weight excluding hydrogens is 429 g/mol. The summed E-state index contributed by atoms with van der Waals surface area (Å²) in [4.78, 5) is 4.44. The fourth-order valence-corrected chi connectivity index (χ4v) is 5.08. The van der Waals surface area contributed by atoms with Crippen molar-refractivity contribution in [3.05, 3.63) is 64.3 Å². The highest BCUT2D eigenvalue weighted by atomic mass is 35.5. The van der Waals surface area contributed by atoms with Crippen LogP contribution in [0, 0.1) is 6.92 Å². The Balaban J connectivity index is 1.72. The Labute approximate surface area is 181 Å². The zero-order chi connectivity index (χ0) is 22.2. The van der Waals surface area contributed by atoms with Crippen LogP contribution in [0.15, 0.2) is 42.5 Å². The van der Waals surface area contributed by atoms with Gasteiger partial charge in [-0.1, -0.05) is 23.7 Å². The summed E-state index contributed by atoms with van der Waals surface area (Å²) in [5.74, 6) is -0.206.